The average Bonchev–Trinajstić information content (AvgIpc) is 3.50. The van der Waals surface area contributed by atoms with Gasteiger partial charge in [0.15, 0.2) is 10.1 Å². The summed E-state index contributed by atoms with van der Waals surface area (Å²) in [5, 5.41) is 7.33. The predicted molar refractivity (Wildman–Crippen MR) is 128 cm³/mol. The first kappa shape index (κ1) is 23.6. The number of imidazole rings is 1. The number of hydrogen-bond acceptors (Lipinski definition) is 6. The molecule has 0 saturated carbocycles. The van der Waals surface area contributed by atoms with Crippen LogP contribution in [0.4, 0.5) is 24.0 Å². The van der Waals surface area contributed by atoms with E-state index in [0.29, 0.717) is 10.8 Å². The molecule has 176 valence electrons. The second kappa shape index (κ2) is 10.6. The predicted octanol–water partition coefficient (Wildman–Crippen LogP) is 8.02. The monoisotopic (exact) mass is 494 g/mol. The Labute approximate surface area is 198 Å². The summed E-state index contributed by atoms with van der Waals surface area (Å²) in [6, 6.07) is 4.05. The molecule has 1 aromatic carbocycles. The number of fused-ring (bicyclic) bond motifs is 1. The van der Waals surface area contributed by atoms with Gasteiger partial charge >= 0.3 is 6.18 Å². The lowest BCUT2D eigenvalue weighted by atomic mass is 10.1. The van der Waals surface area contributed by atoms with Crippen molar-refractivity contribution in [2.24, 2.45) is 0 Å². The summed E-state index contributed by atoms with van der Waals surface area (Å²) in [4.78, 5) is 9.64. The molecule has 3 heterocycles. The SMILES string of the molecule is CCCCCCCCOc1ccc(Nc2nc(-c3csc4nccn34)cs2)cc1C(F)(F)F. The summed E-state index contributed by atoms with van der Waals surface area (Å²) in [5.41, 5.74) is 1.16. The van der Waals surface area contributed by atoms with Crippen molar-refractivity contribution in [1.29, 1.82) is 0 Å². The van der Waals surface area contributed by atoms with Crippen LogP contribution >= 0.6 is 22.7 Å². The molecule has 3 aromatic heterocycles. The van der Waals surface area contributed by atoms with Gasteiger partial charge in [-0.3, -0.25) is 4.40 Å². The maximum absolute atomic E-state index is 13.7. The number of thiazole rings is 2. The molecule has 5 nitrogen and oxygen atoms in total. The van der Waals surface area contributed by atoms with Crippen LogP contribution in [0.3, 0.4) is 0 Å². The molecule has 4 aromatic rings. The minimum atomic E-state index is -4.51. The zero-order valence-electron chi connectivity index (χ0n) is 18.2. The van der Waals surface area contributed by atoms with E-state index in [-0.39, 0.29) is 12.4 Å². The van der Waals surface area contributed by atoms with E-state index in [4.69, 9.17) is 4.74 Å². The second-order valence-electron chi connectivity index (χ2n) is 7.69. The van der Waals surface area contributed by atoms with Crippen LogP contribution in [0.2, 0.25) is 0 Å². The highest BCUT2D eigenvalue weighted by atomic mass is 32.1. The molecule has 4 rings (SSSR count). The number of halogens is 3. The van der Waals surface area contributed by atoms with Crippen LogP contribution in [0.5, 0.6) is 5.75 Å². The van der Waals surface area contributed by atoms with Gasteiger partial charge in [-0.1, -0.05) is 39.0 Å². The van der Waals surface area contributed by atoms with E-state index < -0.39 is 11.7 Å². The molecule has 0 radical (unpaired) electrons. The molecule has 0 atom stereocenters. The van der Waals surface area contributed by atoms with Gasteiger partial charge in [-0.05, 0) is 24.6 Å². The van der Waals surface area contributed by atoms with Crippen molar-refractivity contribution >= 4 is 38.5 Å². The van der Waals surface area contributed by atoms with Gasteiger partial charge in [-0.25, -0.2) is 9.97 Å². The fourth-order valence-corrected chi connectivity index (χ4v) is 5.07. The van der Waals surface area contributed by atoms with Crippen LogP contribution in [0.1, 0.15) is 51.0 Å². The standard InChI is InChI=1S/C23H25F3N4OS2/c1-2-3-4-5-6-7-12-31-20-9-8-16(13-17(20)23(24,25)26)28-21-29-18(14-32-21)19-15-33-22-27-10-11-30(19)22/h8-11,13-15H,2-7,12H2,1H3,(H,28,29). The highest BCUT2D eigenvalue weighted by molar-refractivity contribution is 7.15. The fourth-order valence-electron chi connectivity index (χ4n) is 3.50. The molecule has 0 amide bonds. The second-order valence-corrected chi connectivity index (χ2v) is 9.38. The molecule has 0 aliphatic rings. The van der Waals surface area contributed by atoms with Crippen molar-refractivity contribution in [3.8, 4) is 17.1 Å². The number of hydrogen-bond donors (Lipinski definition) is 1. The molecule has 0 bridgehead atoms. The molecule has 1 N–H and O–H groups in total. The summed E-state index contributed by atoms with van der Waals surface area (Å²) in [5.74, 6) is -0.137. The third-order valence-corrected chi connectivity index (χ3v) is 6.81. The van der Waals surface area contributed by atoms with Gasteiger partial charge in [0.25, 0.3) is 0 Å². The van der Waals surface area contributed by atoms with E-state index in [2.05, 4.69) is 22.2 Å². The average molecular weight is 495 g/mol. The first-order chi connectivity index (χ1) is 16.0. The zero-order chi connectivity index (χ0) is 23.3. The summed E-state index contributed by atoms with van der Waals surface area (Å²) in [7, 11) is 0. The Morgan fingerprint density at radius 3 is 2.70 bits per heavy atom. The first-order valence-electron chi connectivity index (χ1n) is 10.9. The summed E-state index contributed by atoms with van der Waals surface area (Å²) < 4.78 is 48.4. The van der Waals surface area contributed by atoms with E-state index in [1.54, 1.807) is 12.3 Å². The number of unbranched alkanes of at least 4 members (excludes halogenated alkanes) is 5. The van der Waals surface area contributed by atoms with Crippen LogP contribution in [0.25, 0.3) is 16.3 Å². The van der Waals surface area contributed by atoms with Gasteiger partial charge < -0.3 is 10.1 Å². The van der Waals surface area contributed by atoms with Crippen LogP contribution in [0.15, 0.2) is 41.4 Å². The number of rotatable bonds is 11. The number of nitrogens with zero attached hydrogens (tertiary/aromatic N) is 3. The molecule has 0 fully saturated rings. The third kappa shape index (κ3) is 5.86. The lowest BCUT2D eigenvalue weighted by Gasteiger charge is -2.15. The van der Waals surface area contributed by atoms with Crippen molar-refractivity contribution in [3.63, 3.8) is 0 Å². The van der Waals surface area contributed by atoms with E-state index >= 15 is 0 Å². The largest absolute Gasteiger partial charge is 0.493 e. The Kier molecular flexibility index (Phi) is 7.54. The molecule has 0 aliphatic heterocycles. The quantitative estimate of drug-likeness (QED) is 0.215. The Hall–Kier alpha value is -2.59. The Balaban J connectivity index is 1.42. The summed E-state index contributed by atoms with van der Waals surface area (Å²) in [6.07, 6.45) is 5.36. The number of benzene rings is 1. The van der Waals surface area contributed by atoms with Crippen molar-refractivity contribution < 1.29 is 17.9 Å². The molecular weight excluding hydrogens is 469 g/mol. The highest BCUT2D eigenvalue weighted by Crippen LogP contribution is 2.39. The number of ether oxygens (including phenoxy) is 1. The van der Waals surface area contributed by atoms with Gasteiger partial charge in [0, 0.05) is 28.8 Å². The number of aromatic nitrogens is 3. The molecular formula is C23H25F3N4OS2. The maximum Gasteiger partial charge on any atom is 0.420 e. The third-order valence-electron chi connectivity index (χ3n) is 5.20. The maximum atomic E-state index is 13.7. The molecule has 33 heavy (non-hydrogen) atoms. The first-order valence-corrected chi connectivity index (χ1v) is 12.7. The van der Waals surface area contributed by atoms with Crippen LogP contribution in [-0.4, -0.2) is 21.0 Å². The Morgan fingerprint density at radius 1 is 1.06 bits per heavy atom. The highest BCUT2D eigenvalue weighted by Gasteiger charge is 2.34. The van der Waals surface area contributed by atoms with Crippen molar-refractivity contribution in [1.82, 2.24) is 14.4 Å². The smallest absolute Gasteiger partial charge is 0.420 e. The van der Waals surface area contributed by atoms with Gasteiger partial charge in [-0.15, -0.1) is 22.7 Å². The van der Waals surface area contributed by atoms with E-state index in [1.807, 2.05) is 21.4 Å². The minimum Gasteiger partial charge on any atom is -0.493 e. The lowest BCUT2D eigenvalue weighted by molar-refractivity contribution is -0.138. The lowest BCUT2D eigenvalue weighted by Crippen LogP contribution is -2.10. The molecule has 0 saturated heterocycles. The molecule has 0 aliphatic carbocycles. The molecule has 10 heteroatoms. The minimum absolute atomic E-state index is 0.137. The normalized spacial score (nSPS) is 11.9. The van der Waals surface area contributed by atoms with Crippen molar-refractivity contribution in [3.05, 3.63) is 46.9 Å². The number of anilines is 2. The van der Waals surface area contributed by atoms with E-state index in [1.165, 1.54) is 35.2 Å². The van der Waals surface area contributed by atoms with Crippen LogP contribution in [0, 0.1) is 0 Å². The van der Waals surface area contributed by atoms with Crippen molar-refractivity contribution in [2.75, 3.05) is 11.9 Å². The number of alkyl halides is 3. The van der Waals surface area contributed by atoms with Crippen LogP contribution < -0.4 is 10.1 Å². The van der Waals surface area contributed by atoms with Gasteiger partial charge in [0.2, 0.25) is 0 Å². The van der Waals surface area contributed by atoms with Gasteiger partial charge in [0.1, 0.15) is 11.4 Å². The summed E-state index contributed by atoms with van der Waals surface area (Å²) >= 11 is 2.84. The van der Waals surface area contributed by atoms with Gasteiger partial charge in [-0.2, -0.15) is 13.2 Å². The topological polar surface area (TPSA) is 51.5 Å². The van der Waals surface area contributed by atoms with Crippen LogP contribution in [-0.2, 0) is 6.18 Å². The Morgan fingerprint density at radius 2 is 1.88 bits per heavy atom. The Bertz CT molecular complexity index is 1180. The molecule has 0 unspecified atom stereocenters. The van der Waals surface area contributed by atoms with Crippen molar-refractivity contribution in [2.45, 2.75) is 51.6 Å². The zero-order valence-corrected chi connectivity index (χ0v) is 19.8. The van der Waals surface area contributed by atoms with Gasteiger partial charge in [0.05, 0.1) is 17.9 Å². The number of nitrogens with one attached hydrogen (secondary N) is 1. The fraction of sp³-hybridized carbons (Fsp3) is 0.391. The van der Waals surface area contributed by atoms with E-state index in [9.17, 15) is 13.2 Å². The summed E-state index contributed by atoms with van der Waals surface area (Å²) in [6.45, 7) is 2.43. The molecule has 0 spiro atoms. The van der Waals surface area contributed by atoms with E-state index in [0.717, 1.165) is 54.5 Å².